The summed E-state index contributed by atoms with van der Waals surface area (Å²) in [5.74, 6) is -0.163. The minimum absolute atomic E-state index is 0.115. The summed E-state index contributed by atoms with van der Waals surface area (Å²) in [5.41, 5.74) is -0.954. The molecule has 0 saturated heterocycles. The minimum Gasteiger partial charge on any atom is -0.481 e. The molecule has 1 aromatic heterocycles. The molecule has 0 aromatic carbocycles. The molecule has 1 N–H and O–H groups in total. The number of methoxy groups -OCH3 is 1. The monoisotopic (exact) mass is 207 g/mol. The van der Waals surface area contributed by atoms with Gasteiger partial charge in [0.25, 0.3) is 0 Å². The van der Waals surface area contributed by atoms with Crippen molar-refractivity contribution >= 4 is 0 Å². The van der Waals surface area contributed by atoms with E-state index in [9.17, 15) is 13.2 Å². The average Bonchev–Trinajstić information content (AvgIpc) is 2.15. The maximum atomic E-state index is 12.2. The van der Waals surface area contributed by atoms with Gasteiger partial charge in [0.05, 0.1) is 13.7 Å². The zero-order valence-electron chi connectivity index (χ0n) is 7.30. The van der Waals surface area contributed by atoms with Crippen LogP contribution in [0.3, 0.4) is 0 Å². The molecule has 0 spiro atoms. The van der Waals surface area contributed by atoms with Crippen LogP contribution in [0.15, 0.2) is 12.1 Å². The number of hydrogen-bond donors (Lipinski definition) is 1. The Labute approximate surface area is 78.2 Å². The predicted octanol–water partition coefficient (Wildman–Crippen LogP) is 1.60. The number of hydrogen-bond acceptors (Lipinski definition) is 3. The third kappa shape index (κ3) is 2.35. The summed E-state index contributed by atoms with van der Waals surface area (Å²) in [6, 6.07) is 2.03. The van der Waals surface area contributed by atoms with Gasteiger partial charge in [0.15, 0.2) is 0 Å². The van der Waals surface area contributed by atoms with Crippen LogP contribution in [-0.2, 0) is 12.8 Å². The van der Waals surface area contributed by atoms with Crippen molar-refractivity contribution in [1.29, 1.82) is 0 Å². The Balaban J connectivity index is 3.17. The summed E-state index contributed by atoms with van der Waals surface area (Å²) in [4.78, 5) is 3.21. The van der Waals surface area contributed by atoms with E-state index in [1.165, 1.54) is 13.2 Å². The number of aliphatic hydroxyl groups excluding tert-OH is 1. The first-order valence-electron chi connectivity index (χ1n) is 3.70. The molecule has 6 heteroatoms. The highest BCUT2D eigenvalue weighted by molar-refractivity contribution is 5.25. The van der Waals surface area contributed by atoms with Crippen LogP contribution in [0.25, 0.3) is 0 Å². The van der Waals surface area contributed by atoms with Gasteiger partial charge in [0.2, 0.25) is 5.88 Å². The summed E-state index contributed by atoms with van der Waals surface area (Å²) in [7, 11) is 1.21. The van der Waals surface area contributed by atoms with E-state index in [0.717, 1.165) is 6.07 Å². The van der Waals surface area contributed by atoms with Crippen molar-refractivity contribution < 1.29 is 23.0 Å². The smallest absolute Gasteiger partial charge is 0.433 e. The van der Waals surface area contributed by atoms with Crippen molar-refractivity contribution in [1.82, 2.24) is 4.98 Å². The van der Waals surface area contributed by atoms with Gasteiger partial charge < -0.3 is 9.84 Å². The van der Waals surface area contributed by atoms with E-state index in [-0.39, 0.29) is 11.4 Å². The molecule has 0 aliphatic heterocycles. The molecule has 0 bridgehead atoms. The van der Waals surface area contributed by atoms with Gasteiger partial charge in [-0.25, -0.2) is 4.98 Å². The fourth-order valence-corrected chi connectivity index (χ4v) is 0.900. The third-order valence-corrected chi connectivity index (χ3v) is 1.54. The molecular formula is C8H8F3NO2. The van der Waals surface area contributed by atoms with E-state index < -0.39 is 18.5 Å². The third-order valence-electron chi connectivity index (χ3n) is 1.54. The fraction of sp³-hybridized carbons (Fsp3) is 0.375. The molecule has 0 radical (unpaired) electrons. The Morgan fingerprint density at radius 2 is 2.07 bits per heavy atom. The lowest BCUT2D eigenvalue weighted by Gasteiger charge is -2.08. The first kappa shape index (κ1) is 10.8. The van der Waals surface area contributed by atoms with Gasteiger partial charge in [-0.2, -0.15) is 13.2 Å². The molecule has 0 saturated carbocycles. The molecule has 0 fully saturated rings. The van der Waals surface area contributed by atoms with E-state index in [1.54, 1.807) is 0 Å². The van der Waals surface area contributed by atoms with Crippen LogP contribution < -0.4 is 4.74 Å². The SMILES string of the molecule is COc1cc(CO)cc(C(F)(F)F)n1. The summed E-state index contributed by atoms with van der Waals surface area (Å²) in [6.07, 6.45) is -4.53. The molecule has 0 amide bonds. The quantitative estimate of drug-likeness (QED) is 0.800. The highest BCUT2D eigenvalue weighted by Crippen LogP contribution is 2.29. The standard InChI is InChI=1S/C8H8F3NO2/c1-14-7-3-5(4-13)2-6(12-7)8(9,10)11/h2-3,13H,4H2,1H3. The molecule has 0 aliphatic carbocycles. The van der Waals surface area contributed by atoms with Gasteiger partial charge in [-0.3, -0.25) is 0 Å². The maximum absolute atomic E-state index is 12.2. The molecule has 1 heterocycles. The predicted molar refractivity (Wildman–Crippen MR) is 41.7 cm³/mol. The zero-order valence-corrected chi connectivity index (χ0v) is 7.30. The average molecular weight is 207 g/mol. The van der Waals surface area contributed by atoms with Crippen molar-refractivity contribution in [2.75, 3.05) is 7.11 Å². The van der Waals surface area contributed by atoms with E-state index in [2.05, 4.69) is 9.72 Å². The van der Waals surface area contributed by atoms with Crippen LogP contribution >= 0.6 is 0 Å². The first-order chi connectivity index (χ1) is 6.47. The lowest BCUT2D eigenvalue weighted by Crippen LogP contribution is -2.09. The van der Waals surface area contributed by atoms with Crippen molar-refractivity contribution in [2.45, 2.75) is 12.8 Å². The van der Waals surface area contributed by atoms with Crippen molar-refractivity contribution in [3.63, 3.8) is 0 Å². The van der Waals surface area contributed by atoms with Gasteiger partial charge in [-0.15, -0.1) is 0 Å². The second-order valence-electron chi connectivity index (χ2n) is 2.56. The summed E-state index contributed by atoms with van der Waals surface area (Å²) in [5, 5.41) is 8.70. The molecule has 1 aromatic rings. The second-order valence-corrected chi connectivity index (χ2v) is 2.56. The lowest BCUT2D eigenvalue weighted by molar-refractivity contribution is -0.141. The van der Waals surface area contributed by atoms with Crippen molar-refractivity contribution in [3.8, 4) is 5.88 Å². The first-order valence-corrected chi connectivity index (χ1v) is 3.70. The Hall–Kier alpha value is -1.30. The number of nitrogens with zero attached hydrogens (tertiary/aromatic N) is 1. The maximum Gasteiger partial charge on any atom is 0.433 e. The Morgan fingerprint density at radius 1 is 1.43 bits per heavy atom. The van der Waals surface area contributed by atoms with Crippen LogP contribution in [0, 0.1) is 0 Å². The Kier molecular flexibility index (Phi) is 2.95. The van der Waals surface area contributed by atoms with E-state index in [0.29, 0.717) is 0 Å². The Bertz CT molecular complexity index is 303. The summed E-state index contributed by atoms with van der Waals surface area (Å²) >= 11 is 0. The van der Waals surface area contributed by atoms with Gasteiger partial charge >= 0.3 is 6.18 Å². The Morgan fingerprint density at radius 3 is 2.50 bits per heavy atom. The number of alkyl halides is 3. The number of aliphatic hydroxyl groups is 1. The largest absolute Gasteiger partial charge is 0.481 e. The van der Waals surface area contributed by atoms with E-state index in [1.807, 2.05) is 0 Å². The molecule has 1 rings (SSSR count). The van der Waals surface area contributed by atoms with Crippen LogP contribution in [-0.4, -0.2) is 17.2 Å². The summed E-state index contributed by atoms with van der Waals surface area (Å²) in [6.45, 7) is -0.484. The normalized spacial score (nSPS) is 11.5. The molecule has 0 unspecified atom stereocenters. The van der Waals surface area contributed by atoms with Crippen molar-refractivity contribution in [2.24, 2.45) is 0 Å². The lowest BCUT2D eigenvalue weighted by atomic mass is 10.2. The molecular weight excluding hydrogens is 199 g/mol. The van der Waals surface area contributed by atoms with Gasteiger partial charge in [-0.05, 0) is 11.6 Å². The molecule has 0 atom stereocenters. The zero-order chi connectivity index (χ0) is 10.8. The highest BCUT2D eigenvalue weighted by Gasteiger charge is 2.33. The van der Waals surface area contributed by atoms with E-state index in [4.69, 9.17) is 5.11 Å². The van der Waals surface area contributed by atoms with Crippen molar-refractivity contribution in [3.05, 3.63) is 23.4 Å². The number of halogens is 3. The van der Waals surface area contributed by atoms with Crippen LogP contribution in [0.1, 0.15) is 11.3 Å². The molecule has 78 valence electrons. The minimum atomic E-state index is -4.53. The highest BCUT2D eigenvalue weighted by atomic mass is 19.4. The van der Waals surface area contributed by atoms with Gasteiger partial charge in [-0.1, -0.05) is 0 Å². The van der Waals surface area contributed by atoms with Crippen LogP contribution in [0.4, 0.5) is 13.2 Å². The number of pyridine rings is 1. The second kappa shape index (κ2) is 3.83. The number of ether oxygens (including phenoxy) is 1. The molecule has 3 nitrogen and oxygen atoms in total. The summed E-state index contributed by atoms with van der Waals surface area (Å²) < 4.78 is 41.2. The van der Waals surface area contributed by atoms with Gasteiger partial charge in [0, 0.05) is 6.07 Å². The molecule has 14 heavy (non-hydrogen) atoms. The number of aromatic nitrogens is 1. The molecule has 0 aliphatic rings. The van der Waals surface area contributed by atoms with E-state index >= 15 is 0 Å². The van der Waals surface area contributed by atoms with Crippen LogP contribution in [0.5, 0.6) is 5.88 Å². The van der Waals surface area contributed by atoms with Crippen LogP contribution in [0.2, 0.25) is 0 Å². The topological polar surface area (TPSA) is 42.4 Å². The fourth-order valence-electron chi connectivity index (χ4n) is 0.900. The number of rotatable bonds is 2. The van der Waals surface area contributed by atoms with Gasteiger partial charge in [0.1, 0.15) is 5.69 Å².